The van der Waals surface area contributed by atoms with Gasteiger partial charge in [-0.2, -0.15) is 0 Å². The van der Waals surface area contributed by atoms with E-state index in [1.807, 2.05) is 18.2 Å². The molecule has 0 aromatic heterocycles. The van der Waals surface area contributed by atoms with Gasteiger partial charge < -0.3 is 9.84 Å². The molecular formula is C15H20O4. The number of ether oxygens (including phenoxy) is 1. The number of benzene rings is 1. The number of esters is 1. The monoisotopic (exact) mass is 264 g/mol. The van der Waals surface area contributed by atoms with E-state index in [0.717, 1.165) is 18.9 Å². The van der Waals surface area contributed by atoms with E-state index in [1.54, 1.807) is 6.92 Å². The quantitative estimate of drug-likeness (QED) is 0.487. The molecule has 0 spiro atoms. The van der Waals surface area contributed by atoms with Crippen molar-refractivity contribution in [3.63, 3.8) is 0 Å². The van der Waals surface area contributed by atoms with Crippen LogP contribution in [0.2, 0.25) is 0 Å². The van der Waals surface area contributed by atoms with Gasteiger partial charge in [-0.3, -0.25) is 4.79 Å². The first-order chi connectivity index (χ1) is 9.10. The molecule has 0 unspecified atom stereocenters. The smallest absolute Gasteiger partial charge is 0.327 e. The average Bonchev–Trinajstić information content (AvgIpc) is 2.45. The Bertz CT molecular complexity index is 384. The molecule has 1 aromatic carbocycles. The zero-order chi connectivity index (χ0) is 14.5. The van der Waals surface area contributed by atoms with Gasteiger partial charge in [-0.15, -0.1) is 0 Å². The summed E-state index contributed by atoms with van der Waals surface area (Å²) in [6, 6.07) is 10.2. The second-order valence-corrected chi connectivity index (χ2v) is 3.71. The highest BCUT2D eigenvalue weighted by molar-refractivity contribution is 5.78. The molecule has 0 aliphatic rings. The van der Waals surface area contributed by atoms with Crippen molar-refractivity contribution in [2.45, 2.75) is 26.2 Å². The number of aryl methyl sites for hydroxylation is 1. The van der Waals surface area contributed by atoms with E-state index < -0.39 is 5.97 Å². The largest absolute Gasteiger partial charge is 0.478 e. The maximum atomic E-state index is 10.8. The lowest BCUT2D eigenvalue weighted by Gasteiger charge is -2.02. The summed E-state index contributed by atoms with van der Waals surface area (Å²) in [5, 5.41) is 7.60. The minimum absolute atomic E-state index is 0.113. The van der Waals surface area contributed by atoms with Crippen molar-refractivity contribution < 1.29 is 19.4 Å². The van der Waals surface area contributed by atoms with Crippen molar-refractivity contribution in [1.29, 1.82) is 0 Å². The normalized spacial score (nSPS) is 8.89. The summed E-state index contributed by atoms with van der Waals surface area (Å²) in [6.07, 6.45) is 3.17. The zero-order valence-electron chi connectivity index (χ0n) is 11.2. The van der Waals surface area contributed by atoms with Crippen molar-refractivity contribution in [3.8, 4) is 0 Å². The molecule has 0 saturated carbocycles. The Balaban J connectivity index is 0.000000555. The molecular weight excluding hydrogens is 244 g/mol. The molecule has 19 heavy (non-hydrogen) atoms. The van der Waals surface area contributed by atoms with Crippen LogP contribution in [0.25, 0.3) is 0 Å². The SMILES string of the molecule is C=CC(=O)O.CCC(=O)OCCCc1ccccc1. The van der Waals surface area contributed by atoms with E-state index in [2.05, 4.69) is 18.7 Å². The van der Waals surface area contributed by atoms with Crippen LogP contribution in [-0.4, -0.2) is 23.7 Å². The predicted octanol–water partition coefficient (Wildman–Crippen LogP) is 2.83. The summed E-state index contributed by atoms with van der Waals surface area (Å²) in [6.45, 7) is 5.30. The maximum absolute atomic E-state index is 10.8. The van der Waals surface area contributed by atoms with Crippen LogP contribution in [0.4, 0.5) is 0 Å². The summed E-state index contributed by atoms with van der Waals surface area (Å²) in [5.41, 5.74) is 1.29. The molecule has 0 fully saturated rings. The standard InChI is InChI=1S/C12H16O2.C3H4O2/c1-2-12(13)14-10-6-9-11-7-4-3-5-8-11;1-2-3(4)5/h3-5,7-8H,2,6,9-10H2,1H3;2H,1H2,(H,4,5). The average molecular weight is 264 g/mol. The number of carbonyl (C=O) groups excluding carboxylic acids is 1. The van der Waals surface area contributed by atoms with Crippen LogP contribution in [0, 0.1) is 0 Å². The Hall–Kier alpha value is -2.10. The van der Waals surface area contributed by atoms with Crippen molar-refractivity contribution in [2.75, 3.05) is 6.61 Å². The molecule has 0 aliphatic heterocycles. The van der Waals surface area contributed by atoms with Gasteiger partial charge in [0.05, 0.1) is 6.61 Å². The number of carboxylic acids is 1. The number of carboxylic acid groups (broad SMARTS) is 1. The second-order valence-electron chi connectivity index (χ2n) is 3.71. The molecule has 4 nitrogen and oxygen atoms in total. The fourth-order valence-electron chi connectivity index (χ4n) is 1.21. The Kier molecular flexibility index (Phi) is 9.80. The Labute approximate surface area is 113 Å². The van der Waals surface area contributed by atoms with Crippen LogP contribution in [0.3, 0.4) is 0 Å². The van der Waals surface area contributed by atoms with Gasteiger partial charge in [-0.05, 0) is 18.4 Å². The van der Waals surface area contributed by atoms with Crippen LogP contribution in [-0.2, 0) is 20.7 Å². The first kappa shape index (κ1) is 16.9. The number of rotatable bonds is 6. The Morgan fingerprint density at radius 3 is 2.37 bits per heavy atom. The lowest BCUT2D eigenvalue weighted by Crippen LogP contribution is -2.04. The lowest BCUT2D eigenvalue weighted by atomic mass is 10.1. The third-order valence-electron chi connectivity index (χ3n) is 2.18. The van der Waals surface area contributed by atoms with Crippen LogP contribution < -0.4 is 0 Å². The van der Waals surface area contributed by atoms with Gasteiger partial charge in [-0.1, -0.05) is 43.8 Å². The number of hydrogen-bond donors (Lipinski definition) is 1. The highest BCUT2D eigenvalue weighted by atomic mass is 16.5. The minimum Gasteiger partial charge on any atom is -0.478 e. The van der Waals surface area contributed by atoms with Gasteiger partial charge in [0.25, 0.3) is 0 Å². The molecule has 0 aliphatic carbocycles. The van der Waals surface area contributed by atoms with E-state index >= 15 is 0 Å². The topological polar surface area (TPSA) is 63.6 Å². The van der Waals surface area contributed by atoms with Crippen LogP contribution in [0.5, 0.6) is 0 Å². The van der Waals surface area contributed by atoms with Crippen molar-refractivity contribution in [1.82, 2.24) is 0 Å². The Morgan fingerprint density at radius 2 is 1.89 bits per heavy atom. The van der Waals surface area contributed by atoms with E-state index in [0.29, 0.717) is 13.0 Å². The lowest BCUT2D eigenvalue weighted by molar-refractivity contribution is -0.143. The third kappa shape index (κ3) is 10.8. The third-order valence-corrected chi connectivity index (χ3v) is 2.18. The van der Waals surface area contributed by atoms with Crippen LogP contribution in [0.1, 0.15) is 25.3 Å². The molecule has 1 rings (SSSR count). The number of aliphatic carboxylic acids is 1. The van der Waals surface area contributed by atoms with Gasteiger partial charge in [0.15, 0.2) is 0 Å². The van der Waals surface area contributed by atoms with Crippen molar-refractivity contribution in [2.24, 2.45) is 0 Å². The van der Waals surface area contributed by atoms with Crippen molar-refractivity contribution in [3.05, 3.63) is 48.6 Å². The molecule has 0 heterocycles. The molecule has 0 radical (unpaired) electrons. The Morgan fingerprint density at radius 1 is 1.32 bits per heavy atom. The number of hydrogen-bond acceptors (Lipinski definition) is 3. The summed E-state index contributed by atoms with van der Waals surface area (Å²) in [7, 11) is 0. The molecule has 1 N–H and O–H groups in total. The van der Waals surface area contributed by atoms with Crippen molar-refractivity contribution >= 4 is 11.9 Å². The van der Waals surface area contributed by atoms with Gasteiger partial charge in [0.1, 0.15) is 0 Å². The first-order valence-electron chi connectivity index (χ1n) is 6.15. The van der Waals surface area contributed by atoms with Crippen LogP contribution >= 0.6 is 0 Å². The molecule has 0 atom stereocenters. The highest BCUT2D eigenvalue weighted by Gasteiger charge is 1.97. The molecule has 1 aromatic rings. The number of carbonyl (C=O) groups is 2. The van der Waals surface area contributed by atoms with Gasteiger partial charge >= 0.3 is 11.9 Å². The summed E-state index contributed by atoms with van der Waals surface area (Å²) in [5.74, 6) is -1.09. The molecule has 4 heteroatoms. The molecule has 0 bridgehead atoms. The summed E-state index contributed by atoms with van der Waals surface area (Å²) < 4.78 is 4.97. The predicted molar refractivity (Wildman–Crippen MR) is 73.8 cm³/mol. The van der Waals surface area contributed by atoms with E-state index in [-0.39, 0.29) is 5.97 Å². The summed E-state index contributed by atoms with van der Waals surface area (Å²) >= 11 is 0. The highest BCUT2D eigenvalue weighted by Crippen LogP contribution is 2.02. The first-order valence-corrected chi connectivity index (χ1v) is 6.15. The minimum atomic E-state index is -0.981. The second kappa shape index (κ2) is 11.0. The molecule has 0 amide bonds. The summed E-state index contributed by atoms with van der Waals surface area (Å²) in [4.78, 5) is 20.1. The fourth-order valence-corrected chi connectivity index (χ4v) is 1.21. The van der Waals surface area contributed by atoms with E-state index in [4.69, 9.17) is 9.84 Å². The van der Waals surface area contributed by atoms with E-state index in [9.17, 15) is 9.59 Å². The zero-order valence-corrected chi connectivity index (χ0v) is 11.2. The van der Waals surface area contributed by atoms with E-state index in [1.165, 1.54) is 5.56 Å². The molecule has 104 valence electrons. The van der Waals surface area contributed by atoms with Gasteiger partial charge in [0.2, 0.25) is 0 Å². The maximum Gasteiger partial charge on any atom is 0.327 e. The van der Waals surface area contributed by atoms with Gasteiger partial charge in [-0.25, -0.2) is 4.79 Å². The fraction of sp³-hybridized carbons (Fsp3) is 0.333. The van der Waals surface area contributed by atoms with Crippen LogP contribution in [0.15, 0.2) is 43.0 Å². The molecule has 0 saturated heterocycles. The van der Waals surface area contributed by atoms with Gasteiger partial charge in [0, 0.05) is 12.5 Å².